The zero-order chi connectivity index (χ0) is 17.4. The molecule has 0 saturated carbocycles. The summed E-state index contributed by atoms with van der Waals surface area (Å²) in [5.41, 5.74) is 1.43. The number of hydrogen-bond acceptors (Lipinski definition) is 3. The van der Waals surface area contributed by atoms with Crippen LogP contribution < -0.4 is 0 Å². The van der Waals surface area contributed by atoms with Gasteiger partial charge in [0.15, 0.2) is 5.78 Å². The molecular weight excluding hydrogens is 407 g/mol. The minimum absolute atomic E-state index is 0.226. The summed E-state index contributed by atoms with van der Waals surface area (Å²) < 4.78 is 31.2. The van der Waals surface area contributed by atoms with E-state index >= 15 is 0 Å². The molecule has 0 unspecified atom stereocenters. The van der Waals surface area contributed by atoms with Crippen LogP contribution in [0.15, 0.2) is 40.9 Å². The van der Waals surface area contributed by atoms with Crippen LogP contribution in [-0.2, 0) is 18.0 Å². The van der Waals surface area contributed by atoms with Crippen molar-refractivity contribution in [2.75, 3.05) is 0 Å². The molecule has 0 amide bonds. The lowest BCUT2D eigenvalue weighted by atomic mass is 10.0. The fourth-order valence-corrected chi connectivity index (χ4v) is 2.68. The van der Waals surface area contributed by atoms with Crippen LogP contribution in [0.3, 0.4) is 0 Å². The first-order valence-corrected chi connectivity index (χ1v) is 8.48. The minimum atomic E-state index is -0.750. The summed E-state index contributed by atoms with van der Waals surface area (Å²) in [6.45, 7) is 1.99. The van der Waals surface area contributed by atoms with Gasteiger partial charge in [-0.1, -0.05) is 40.9 Å². The smallest absolute Gasteiger partial charge is 0.289 e. The number of carbonyl (C=O) groups is 1. The van der Waals surface area contributed by atoms with Crippen LogP contribution in [0.5, 0.6) is 0 Å². The molecule has 0 atom stereocenters. The van der Waals surface area contributed by atoms with E-state index in [9.17, 15) is 9.18 Å². The maximum atomic E-state index is 14.0. The van der Waals surface area contributed by atoms with Crippen molar-refractivity contribution in [3.05, 3.63) is 68.4 Å². The van der Waals surface area contributed by atoms with Gasteiger partial charge in [-0.05, 0) is 48.4 Å². The Morgan fingerprint density at radius 1 is 1.22 bits per heavy atom. The van der Waals surface area contributed by atoms with E-state index in [-0.39, 0.29) is 11.6 Å². The van der Waals surface area contributed by atoms with Gasteiger partial charge in [0, 0.05) is 20.6 Å². The van der Waals surface area contributed by atoms with Gasteiger partial charge in [-0.15, -0.1) is 0 Å². The van der Waals surface area contributed by atoms with Gasteiger partial charge in [-0.25, -0.2) is 4.39 Å². The molecule has 2 aromatic rings. The molecular formula is C16H13BrClFO3S. The van der Waals surface area contributed by atoms with Crippen LogP contribution in [0.25, 0.3) is 0 Å². The van der Waals surface area contributed by atoms with Crippen molar-refractivity contribution in [3.8, 4) is 0 Å². The SMILES string of the molecule is CCCc1cc(Br)c(C(=O)c2ccc(Cl)cc2)cc1F.O=S=O. The zero-order valence-corrected chi connectivity index (χ0v) is 15.3. The Morgan fingerprint density at radius 3 is 2.30 bits per heavy atom. The third kappa shape index (κ3) is 5.64. The van der Waals surface area contributed by atoms with Crippen molar-refractivity contribution in [2.45, 2.75) is 19.8 Å². The van der Waals surface area contributed by atoms with Gasteiger partial charge in [0.05, 0.1) is 0 Å². The molecule has 0 heterocycles. The maximum Gasteiger partial charge on any atom is 0.335 e. The van der Waals surface area contributed by atoms with E-state index < -0.39 is 11.6 Å². The molecule has 122 valence electrons. The Balaban J connectivity index is 0.000000816. The van der Waals surface area contributed by atoms with Crippen molar-refractivity contribution in [2.24, 2.45) is 0 Å². The average molecular weight is 420 g/mol. The monoisotopic (exact) mass is 418 g/mol. The summed E-state index contributed by atoms with van der Waals surface area (Å²) in [4.78, 5) is 12.4. The van der Waals surface area contributed by atoms with Crippen molar-refractivity contribution < 1.29 is 17.6 Å². The molecule has 7 heteroatoms. The van der Waals surface area contributed by atoms with E-state index in [4.69, 9.17) is 20.0 Å². The second-order valence-corrected chi connectivity index (χ2v) is 6.00. The Labute approximate surface area is 150 Å². The molecule has 0 aliphatic heterocycles. The molecule has 2 aromatic carbocycles. The number of carbonyl (C=O) groups excluding carboxylic acids is 1. The first-order valence-electron chi connectivity index (χ1n) is 6.64. The highest BCUT2D eigenvalue weighted by atomic mass is 79.9. The summed E-state index contributed by atoms with van der Waals surface area (Å²) in [7, 11) is 0. The van der Waals surface area contributed by atoms with E-state index in [1.54, 1.807) is 30.3 Å². The second kappa shape index (κ2) is 9.70. The van der Waals surface area contributed by atoms with E-state index in [0.717, 1.165) is 6.42 Å². The molecule has 0 radical (unpaired) electrons. The lowest BCUT2D eigenvalue weighted by Crippen LogP contribution is -2.04. The zero-order valence-electron chi connectivity index (χ0n) is 12.1. The number of benzene rings is 2. The number of halogens is 3. The van der Waals surface area contributed by atoms with Crippen molar-refractivity contribution in [1.29, 1.82) is 0 Å². The molecule has 0 aromatic heterocycles. The van der Waals surface area contributed by atoms with Crippen molar-refractivity contribution >= 4 is 44.9 Å². The largest absolute Gasteiger partial charge is 0.335 e. The third-order valence-electron chi connectivity index (χ3n) is 3.01. The van der Waals surface area contributed by atoms with Crippen molar-refractivity contribution in [3.63, 3.8) is 0 Å². The van der Waals surface area contributed by atoms with Crippen LogP contribution in [0, 0.1) is 5.82 Å². The molecule has 2 rings (SSSR count). The van der Waals surface area contributed by atoms with Crippen LogP contribution in [0.1, 0.15) is 34.8 Å². The van der Waals surface area contributed by atoms with Gasteiger partial charge in [0.25, 0.3) is 0 Å². The van der Waals surface area contributed by atoms with Crippen LogP contribution in [0.4, 0.5) is 4.39 Å². The number of rotatable bonds is 4. The summed E-state index contributed by atoms with van der Waals surface area (Å²) in [5, 5.41) is 0.560. The molecule has 3 nitrogen and oxygen atoms in total. The summed E-state index contributed by atoms with van der Waals surface area (Å²) in [6.07, 6.45) is 1.51. The molecule has 0 saturated heterocycles. The van der Waals surface area contributed by atoms with E-state index in [0.29, 0.717) is 32.6 Å². The fourth-order valence-electron chi connectivity index (χ4n) is 1.98. The van der Waals surface area contributed by atoms with Crippen LogP contribution in [-0.4, -0.2) is 14.2 Å². The lowest BCUT2D eigenvalue weighted by Gasteiger charge is -2.08. The Morgan fingerprint density at radius 2 is 1.78 bits per heavy atom. The Kier molecular flexibility index (Phi) is 8.30. The molecule has 0 N–H and O–H groups in total. The standard InChI is InChI=1S/C16H13BrClFO.O2S/c1-2-3-11-8-14(17)13(9-15(11)19)16(20)10-4-6-12(18)7-5-10;1-3-2/h4-9H,2-3H2,1H3;. The van der Waals surface area contributed by atoms with Gasteiger partial charge < -0.3 is 0 Å². The van der Waals surface area contributed by atoms with E-state index in [2.05, 4.69) is 15.9 Å². The summed E-state index contributed by atoms with van der Waals surface area (Å²) >= 11 is 8.39. The van der Waals surface area contributed by atoms with E-state index in [1.807, 2.05) is 6.92 Å². The molecule has 0 bridgehead atoms. The highest BCUT2D eigenvalue weighted by molar-refractivity contribution is 9.10. The first kappa shape index (κ1) is 19.7. The van der Waals surface area contributed by atoms with Crippen molar-refractivity contribution in [1.82, 2.24) is 0 Å². The van der Waals surface area contributed by atoms with Gasteiger partial charge in [-0.2, -0.15) is 8.42 Å². The number of aryl methyl sites for hydroxylation is 1. The third-order valence-corrected chi connectivity index (χ3v) is 3.91. The van der Waals surface area contributed by atoms with E-state index in [1.165, 1.54) is 6.07 Å². The molecule has 0 spiro atoms. The minimum Gasteiger partial charge on any atom is -0.289 e. The molecule has 0 aliphatic carbocycles. The predicted molar refractivity (Wildman–Crippen MR) is 91.9 cm³/mol. The van der Waals surface area contributed by atoms with Crippen LogP contribution in [0.2, 0.25) is 5.02 Å². The highest BCUT2D eigenvalue weighted by Crippen LogP contribution is 2.25. The second-order valence-electron chi connectivity index (χ2n) is 4.58. The fraction of sp³-hybridized carbons (Fsp3) is 0.188. The predicted octanol–water partition coefficient (Wildman–Crippen LogP) is 4.75. The topological polar surface area (TPSA) is 51.2 Å². The summed E-state index contributed by atoms with van der Waals surface area (Å²) in [5.74, 6) is -0.567. The first-order chi connectivity index (χ1) is 10.9. The maximum absolute atomic E-state index is 14.0. The summed E-state index contributed by atoms with van der Waals surface area (Å²) in [6, 6.07) is 9.53. The Hall–Kier alpha value is -1.37. The van der Waals surface area contributed by atoms with Gasteiger partial charge in [0.1, 0.15) is 5.82 Å². The highest BCUT2D eigenvalue weighted by Gasteiger charge is 2.16. The quantitative estimate of drug-likeness (QED) is 0.672. The Bertz CT molecular complexity index is 729. The molecule has 0 fully saturated rings. The number of hydrogen-bond donors (Lipinski definition) is 0. The normalized spacial score (nSPS) is 9.74. The van der Waals surface area contributed by atoms with Gasteiger partial charge in [0.2, 0.25) is 0 Å². The van der Waals surface area contributed by atoms with Gasteiger partial charge >= 0.3 is 11.6 Å². The van der Waals surface area contributed by atoms with Gasteiger partial charge in [-0.3, -0.25) is 4.79 Å². The lowest BCUT2D eigenvalue weighted by molar-refractivity contribution is 0.103. The average Bonchev–Trinajstić information content (AvgIpc) is 2.52. The number of ketones is 1. The molecule has 23 heavy (non-hydrogen) atoms. The van der Waals surface area contributed by atoms with Crippen LogP contribution >= 0.6 is 27.5 Å². The molecule has 0 aliphatic rings.